The van der Waals surface area contributed by atoms with Crippen LogP contribution in [0.25, 0.3) is 0 Å². The average molecular weight is 335 g/mol. The standard InChI is InChI=1S/C15H24Cl2O2Si/c1-4-14(17,15(20,18-5-2)19-6-3)13-9-7-12(11-16)8-10-13/h7-10H,4-6,11H2,1-3,20H3. The molecule has 1 aromatic carbocycles. The van der Waals surface area contributed by atoms with Gasteiger partial charge in [0.25, 0.3) is 0 Å². The van der Waals surface area contributed by atoms with Gasteiger partial charge >= 0.3 is 0 Å². The monoisotopic (exact) mass is 334 g/mol. The minimum Gasteiger partial charge on any atom is -0.353 e. The number of hydrogen-bond acceptors (Lipinski definition) is 2. The van der Waals surface area contributed by atoms with Crippen LogP contribution in [0.4, 0.5) is 0 Å². The maximum Gasteiger partial charge on any atom is 0.163 e. The molecule has 0 amide bonds. The van der Waals surface area contributed by atoms with Crippen LogP contribution in [-0.4, -0.2) is 28.9 Å². The van der Waals surface area contributed by atoms with Gasteiger partial charge in [0.05, 0.1) is 10.2 Å². The van der Waals surface area contributed by atoms with Gasteiger partial charge in [-0.3, -0.25) is 0 Å². The number of alkyl halides is 2. The molecule has 0 aliphatic rings. The summed E-state index contributed by atoms with van der Waals surface area (Å²) in [5, 5.41) is 0. The molecular formula is C15H24Cl2O2Si. The van der Waals surface area contributed by atoms with E-state index in [1.165, 1.54) is 0 Å². The summed E-state index contributed by atoms with van der Waals surface area (Å²) in [6.45, 7) is 7.16. The molecule has 0 aromatic heterocycles. The Balaban J connectivity index is 3.21. The van der Waals surface area contributed by atoms with Crippen molar-refractivity contribution < 1.29 is 9.47 Å². The molecule has 1 aromatic rings. The van der Waals surface area contributed by atoms with Gasteiger partial charge in [-0.05, 0) is 31.4 Å². The maximum atomic E-state index is 6.96. The Bertz CT molecular complexity index is 405. The highest BCUT2D eigenvalue weighted by Crippen LogP contribution is 2.44. The third-order valence-corrected chi connectivity index (χ3v) is 6.50. The lowest BCUT2D eigenvalue weighted by Gasteiger charge is -2.44. The number of hydrogen-bond donors (Lipinski definition) is 0. The highest BCUT2D eigenvalue weighted by atomic mass is 35.5. The first kappa shape index (κ1) is 18.0. The Kier molecular flexibility index (Phi) is 7.02. The molecule has 0 aliphatic carbocycles. The molecule has 0 N–H and O–H groups in total. The quantitative estimate of drug-likeness (QED) is 0.412. The molecule has 0 saturated carbocycles. The van der Waals surface area contributed by atoms with E-state index in [0.29, 0.717) is 29.3 Å². The van der Waals surface area contributed by atoms with E-state index >= 15 is 0 Å². The van der Waals surface area contributed by atoms with E-state index < -0.39 is 10.3 Å². The predicted octanol–water partition coefficient (Wildman–Crippen LogP) is 3.36. The molecular weight excluding hydrogens is 311 g/mol. The van der Waals surface area contributed by atoms with Crippen molar-refractivity contribution in [3.8, 4) is 0 Å². The molecule has 0 heterocycles. The van der Waals surface area contributed by atoms with Crippen LogP contribution in [-0.2, 0) is 20.2 Å². The topological polar surface area (TPSA) is 18.5 Å². The lowest BCUT2D eigenvalue weighted by atomic mass is 9.93. The van der Waals surface area contributed by atoms with Crippen molar-refractivity contribution in [3.63, 3.8) is 0 Å². The molecule has 114 valence electrons. The fourth-order valence-electron chi connectivity index (χ4n) is 2.47. The van der Waals surface area contributed by atoms with Crippen molar-refractivity contribution in [1.82, 2.24) is 0 Å². The van der Waals surface area contributed by atoms with Crippen molar-refractivity contribution in [1.29, 1.82) is 0 Å². The molecule has 0 fully saturated rings. The summed E-state index contributed by atoms with van der Waals surface area (Å²) >= 11 is 12.8. The number of ether oxygens (including phenoxy) is 2. The Hall–Kier alpha value is -0.0631. The van der Waals surface area contributed by atoms with Crippen LogP contribution in [0, 0.1) is 0 Å². The summed E-state index contributed by atoms with van der Waals surface area (Å²) < 4.78 is 11.8. The van der Waals surface area contributed by atoms with Crippen LogP contribution in [0.2, 0.25) is 0 Å². The van der Waals surface area contributed by atoms with E-state index in [4.69, 9.17) is 32.7 Å². The first-order chi connectivity index (χ1) is 9.47. The van der Waals surface area contributed by atoms with Crippen LogP contribution in [0.3, 0.4) is 0 Å². The fraction of sp³-hybridized carbons (Fsp3) is 0.600. The Morgan fingerprint density at radius 2 is 1.55 bits per heavy atom. The zero-order chi connectivity index (χ0) is 15.2. The number of halogens is 2. The van der Waals surface area contributed by atoms with E-state index in [1.807, 2.05) is 38.1 Å². The zero-order valence-electron chi connectivity index (χ0n) is 12.7. The Labute approximate surface area is 135 Å². The molecule has 0 bridgehead atoms. The van der Waals surface area contributed by atoms with Gasteiger partial charge in [0.15, 0.2) is 5.41 Å². The molecule has 0 spiro atoms. The first-order valence-electron chi connectivity index (χ1n) is 7.09. The van der Waals surface area contributed by atoms with Gasteiger partial charge in [0, 0.05) is 19.1 Å². The van der Waals surface area contributed by atoms with Crippen molar-refractivity contribution >= 4 is 33.4 Å². The molecule has 1 atom stereocenters. The fourth-order valence-corrected chi connectivity index (χ4v) is 4.10. The van der Waals surface area contributed by atoms with Gasteiger partial charge in [-0.2, -0.15) is 0 Å². The van der Waals surface area contributed by atoms with Gasteiger partial charge in [-0.1, -0.05) is 31.2 Å². The van der Waals surface area contributed by atoms with Crippen LogP contribution >= 0.6 is 23.2 Å². The first-order valence-corrected chi connectivity index (χ1v) is 9.00. The van der Waals surface area contributed by atoms with Crippen molar-refractivity contribution in [3.05, 3.63) is 35.4 Å². The van der Waals surface area contributed by atoms with Gasteiger partial charge in [0.1, 0.15) is 4.87 Å². The molecule has 0 saturated heterocycles. The number of rotatable bonds is 8. The molecule has 20 heavy (non-hydrogen) atoms. The molecule has 0 radical (unpaired) electrons. The normalized spacial score (nSPS) is 15.2. The van der Waals surface area contributed by atoms with Gasteiger partial charge in [-0.15, -0.1) is 23.2 Å². The van der Waals surface area contributed by atoms with Crippen molar-refractivity contribution in [2.24, 2.45) is 0 Å². The number of benzene rings is 1. The lowest BCUT2D eigenvalue weighted by molar-refractivity contribution is -0.198. The third-order valence-electron chi connectivity index (χ3n) is 3.61. The average Bonchev–Trinajstić information content (AvgIpc) is 2.47. The summed E-state index contributed by atoms with van der Waals surface area (Å²) in [5.41, 5.74) is 1.37. The second kappa shape index (κ2) is 7.81. The minimum absolute atomic E-state index is 0.505. The highest BCUT2D eigenvalue weighted by molar-refractivity contribution is 6.30. The summed E-state index contributed by atoms with van der Waals surface area (Å²) in [7, 11) is 0.687. The van der Waals surface area contributed by atoms with E-state index in [-0.39, 0.29) is 0 Å². The minimum atomic E-state index is -0.727. The lowest BCUT2D eigenvalue weighted by Crippen LogP contribution is -2.53. The van der Waals surface area contributed by atoms with Crippen molar-refractivity contribution in [2.75, 3.05) is 13.2 Å². The Morgan fingerprint density at radius 3 is 1.90 bits per heavy atom. The van der Waals surface area contributed by atoms with Crippen molar-refractivity contribution in [2.45, 2.75) is 43.4 Å². The summed E-state index contributed by atoms with van der Waals surface area (Å²) in [5.74, 6) is 0.505. The second-order valence-electron chi connectivity index (χ2n) is 4.80. The van der Waals surface area contributed by atoms with E-state index in [1.54, 1.807) is 0 Å². The molecule has 1 rings (SSSR count). The highest BCUT2D eigenvalue weighted by Gasteiger charge is 2.48. The summed E-state index contributed by atoms with van der Waals surface area (Å²) in [4.78, 5) is -0.671. The SMILES string of the molecule is CCOC([SiH3])(OCC)C(Cl)(CC)c1ccc(CCl)cc1. The van der Waals surface area contributed by atoms with E-state index in [2.05, 4.69) is 6.92 Å². The second-order valence-corrected chi connectivity index (χ2v) is 7.03. The summed E-state index contributed by atoms with van der Waals surface area (Å²) in [6.07, 6.45) is 0.734. The zero-order valence-corrected chi connectivity index (χ0v) is 16.2. The van der Waals surface area contributed by atoms with Gasteiger partial charge in [-0.25, -0.2) is 0 Å². The van der Waals surface area contributed by atoms with Crippen LogP contribution in [0.5, 0.6) is 0 Å². The molecule has 5 heteroatoms. The Morgan fingerprint density at radius 1 is 1.05 bits per heavy atom. The third kappa shape index (κ3) is 3.58. The predicted molar refractivity (Wildman–Crippen MR) is 89.7 cm³/mol. The van der Waals surface area contributed by atoms with Gasteiger partial charge < -0.3 is 9.47 Å². The van der Waals surface area contributed by atoms with Crippen LogP contribution in [0.15, 0.2) is 24.3 Å². The molecule has 1 unspecified atom stereocenters. The van der Waals surface area contributed by atoms with E-state index in [9.17, 15) is 0 Å². The van der Waals surface area contributed by atoms with Crippen LogP contribution in [0.1, 0.15) is 38.3 Å². The molecule has 0 aliphatic heterocycles. The summed E-state index contributed by atoms with van der Waals surface area (Å²) in [6, 6.07) is 8.07. The largest absolute Gasteiger partial charge is 0.353 e. The smallest absolute Gasteiger partial charge is 0.163 e. The maximum absolute atomic E-state index is 6.96. The van der Waals surface area contributed by atoms with Gasteiger partial charge in [0.2, 0.25) is 0 Å². The van der Waals surface area contributed by atoms with Crippen LogP contribution < -0.4 is 0 Å². The molecule has 2 nitrogen and oxygen atoms in total. The van der Waals surface area contributed by atoms with E-state index in [0.717, 1.165) is 17.5 Å².